The number of rotatable bonds is 5. The van der Waals surface area contributed by atoms with Crippen LogP contribution in [0, 0.1) is 5.92 Å². The first-order chi connectivity index (χ1) is 10.4. The van der Waals surface area contributed by atoms with Gasteiger partial charge in [0.05, 0.1) is 34.3 Å². The lowest BCUT2D eigenvalue weighted by Crippen LogP contribution is -3.00. The SMILES string of the molecule is CCOC(=O)C1(c2ccccc2)CCC=CC1C[N+](C)(C)C.[I-]. The maximum Gasteiger partial charge on any atom is 0.317 e. The van der Waals surface area contributed by atoms with E-state index in [0.717, 1.165) is 29.4 Å². The van der Waals surface area contributed by atoms with Crippen molar-refractivity contribution in [2.24, 2.45) is 5.92 Å². The second-order valence-electron chi connectivity index (χ2n) is 7.10. The minimum atomic E-state index is -0.558. The molecule has 0 amide bonds. The highest BCUT2D eigenvalue weighted by molar-refractivity contribution is 5.84. The van der Waals surface area contributed by atoms with E-state index in [4.69, 9.17) is 4.74 Å². The van der Waals surface area contributed by atoms with Gasteiger partial charge >= 0.3 is 5.97 Å². The van der Waals surface area contributed by atoms with Gasteiger partial charge in [0.1, 0.15) is 5.41 Å². The summed E-state index contributed by atoms with van der Waals surface area (Å²) in [5.41, 5.74) is 0.522. The zero-order chi connectivity index (χ0) is 16.2. The normalized spacial score (nSPS) is 23.9. The van der Waals surface area contributed by atoms with Gasteiger partial charge in [-0.2, -0.15) is 0 Å². The molecule has 128 valence electrons. The van der Waals surface area contributed by atoms with E-state index < -0.39 is 5.41 Å². The van der Waals surface area contributed by atoms with Gasteiger partial charge in [0, 0.05) is 5.92 Å². The molecule has 0 radical (unpaired) electrons. The topological polar surface area (TPSA) is 26.3 Å². The van der Waals surface area contributed by atoms with Gasteiger partial charge in [0.2, 0.25) is 0 Å². The fourth-order valence-corrected chi connectivity index (χ4v) is 3.45. The highest BCUT2D eigenvalue weighted by Gasteiger charge is 2.49. The first-order valence-electron chi connectivity index (χ1n) is 8.10. The van der Waals surface area contributed by atoms with Crippen LogP contribution in [0.5, 0.6) is 0 Å². The quantitative estimate of drug-likeness (QED) is 0.289. The van der Waals surface area contributed by atoms with Gasteiger partial charge in [-0.25, -0.2) is 0 Å². The van der Waals surface area contributed by atoms with Crippen molar-refractivity contribution in [3.63, 3.8) is 0 Å². The average Bonchev–Trinajstić information content (AvgIpc) is 2.47. The molecule has 2 rings (SSSR count). The second-order valence-corrected chi connectivity index (χ2v) is 7.10. The number of nitrogens with zero attached hydrogens (tertiary/aromatic N) is 1. The minimum absolute atomic E-state index is 0. The van der Waals surface area contributed by atoms with Crippen LogP contribution in [0.3, 0.4) is 0 Å². The Labute approximate surface area is 157 Å². The zero-order valence-corrected chi connectivity index (χ0v) is 16.7. The van der Waals surface area contributed by atoms with E-state index in [9.17, 15) is 4.79 Å². The predicted octanol–water partition coefficient (Wildman–Crippen LogP) is 0.164. The van der Waals surface area contributed by atoms with Gasteiger partial charge in [-0.3, -0.25) is 4.79 Å². The maximum atomic E-state index is 13.0. The number of benzene rings is 1. The van der Waals surface area contributed by atoms with E-state index >= 15 is 0 Å². The summed E-state index contributed by atoms with van der Waals surface area (Å²) in [4.78, 5) is 13.0. The summed E-state index contributed by atoms with van der Waals surface area (Å²) in [7, 11) is 6.51. The Hall–Kier alpha value is -0.880. The van der Waals surface area contributed by atoms with Crippen LogP contribution in [-0.2, 0) is 14.9 Å². The van der Waals surface area contributed by atoms with E-state index in [1.165, 1.54) is 0 Å². The monoisotopic (exact) mass is 429 g/mol. The van der Waals surface area contributed by atoms with E-state index in [0.29, 0.717) is 6.61 Å². The minimum Gasteiger partial charge on any atom is -1.00 e. The molecule has 0 aliphatic heterocycles. The number of hydrogen-bond donors (Lipinski definition) is 0. The molecule has 0 saturated heterocycles. The van der Waals surface area contributed by atoms with Gasteiger partial charge in [-0.1, -0.05) is 42.5 Å². The third kappa shape index (κ3) is 4.57. The summed E-state index contributed by atoms with van der Waals surface area (Å²) < 4.78 is 6.33. The molecule has 1 aliphatic carbocycles. The number of carbonyl (C=O) groups is 1. The van der Waals surface area contributed by atoms with Crippen LogP contribution in [-0.4, -0.2) is 44.7 Å². The smallest absolute Gasteiger partial charge is 0.317 e. The van der Waals surface area contributed by atoms with Crippen molar-refractivity contribution in [3.8, 4) is 0 Å². The number of hydrogen-bond acceptors (Lipinski definition) is 2. The van der Waals surface area contributed by atoms with Crippen LogP contribution >= 0.6 is 0 Å². The molecule has 0 N–H and O–H groups in total. The molecule has 2 atom stereocenters. The molecule has 23 heavy (non-hydrogen) atoms. The summed E-state index contributed by atoms with van der Waals surface area (Å²) in [6, 6.07) is 10.2. The van der Waals surface area contributed by atoms with Crippen molar-refractivity contribution >= 4 is 5.97 Å². The first-order valence-corrected chi connectivity index (χ1v) is 8.10. The van der Waals surface area contributed by atoms with Crippen LogP contribution in [0.1, 0.15) is 25.3 Å². The average molecular weight is 429 g/mol. The van der Waals surface area contributed by atoms with Crippen LogP contribution in [0.25, 0.3) is 0 Å². The number of esters is 1. The molecule has 0 saturated carbocycles. The van der Waals surface area contributed by atoms with Crippen LogP contribution < -0.4 is 24.0 Å². The van der Waals surface area contributed by atoms with Crippen LogP contribution in [0.4, 0.5) is 0 Å². The summed E-state index contributed by atoms with van der Waals surface area (Å²) >= 11 is 0. The highest BCUT2D eigenvalue weighted by Crippen LogP contribution is 2.42. The Morgan fingerprint density at radius 2 is 1.91 bits per heavy atom. The fraction of sp³-hybridized carbons (Fsp3) is 0.526. The second kappa shape index (κ2) is 8.29. The molecule has 0 aromatic heterocycles. The highest BCUT2D eigenvalue weighted by atomic mass is 127. The lowest BCUT2D eigenvalue weighted by atomic mass is 9.64. The molecule has 0 heterocycles. The molecule has 1 aromatic carbocycles. The largest absolute Gasteiger partial charge is 1.00 e. The van der Waals surface area contributed by atoms with E-state index in [1.54, 1.807) is 0 Å². The van der Waals surface area contributed by atoms with Gasteiger partial charge in [0.15, 0.2) is 0 Å². The van der Waals surface area contributed by atoms with Crippen molar-refractivity contribution in [2.75, 3.05) is 34.3 Å². The Morgan fingerprint density at radius 1 is 1.26 bits per heavy atom. The molecule has 2 unspecified atom stereocenters. The Bertz CT molecular complexity index is 536. The molecule has 0 fully saturated rings. The third-order valence-corrected chi connectivity index (χ3v) is 4.38. The van der Waals surface area contributed by atoms with Crippen molar-refractivity contribution in [2.45, 2.75) is 25.2 Å². The van der Waals surface area contributed by atoms with Gasteiger partial charge in [-0.05, 0) is 25.3 Å². The lowest BCUT2D eigenvalue weighted by Gasteiger charge is -2.42. The summed E-state index contributed by atoms with van der Waals surface area (Å²) in [6.45, 7) is 3.21. The van der Waals surface area contributed by atoms with Crippen molar-refractivity contribution in [1.29, 1.82) is 0 Å². The zero-order valence-electron chi connectivity index (χ0n) is 14.6. The molecule has 0 bridgehead atoms. The standard InChI is InChI=1S/C19H28NO2.HI/c1-5-22-18(21)19(16-11-7-6-8-12-16)14-10-9-13-17(19)15-20(2,3)4;/h6-9,11-13,17H,5,10,14-15H2,1-4H3;1H/q+1;/p-1. The van der Waals surface area contributed by atoms with Crippen LogP contribution in [0.15, 0.2) is 42.5 Å². The number of allylic oxidation sites excluding steroid dienone is 1. The summed E-state index contributed by atoms with van der Waals surface area (Å²) in [5.74, 6) is 0.0756. The molecule has 3 nitrogen and oxygen atoms in total. The molecule has 1 aliphatic rings. The number of quaternary nitrogens is 1. The molecular weight excluding hydrogens is 401 g/mol. The van der Waals surface area contributed by atoms with Crippen LogP contribution in [0.2, 0.25) is 0 Å². The molecular formula is C19H28INO2. The van der Waals surface area contributed by atoms with Crippen molar-refractivity contribution < 1.29 is 38.0 Å². The number of halogens is 1. The Balaban J connectivity index is 0.00000264. The molecule has 4 heteroatoms. The van der Waals surface area contributed by atoms with Gasteiger partial charge < -0.3 is 33.2 Å². The van der Waals surface area contributed by atoms with Crippen molar-refractivity contribution in [3.05, 3.63) is 48.0 Å². The molecule has 1 aromatic rings. The number of ether oxygens (including phenoxy) is 1. The third-order valence-electron chi connectivity index (χ3n) is 4.38. The summed E-state index contributed by atoms with van der Waals surface area (Å²) in [6.07, 6.45) is 6.16. The van der Waals surface area contributed by atoms with E-state index in [-0.39, 0.29) is 35.9 Å². The lowest BCUT2D eigenvalue weighted by molar-refractivity contribution is -0.873. The number of carbonyl (C=O) groups excluding carboxylic acids is 1. The maximum absolute atomic E-state index is 13.0. The first kappa shape index (κ1) is 20.2. The summed E-state index contributed by atoms with van der Waals surface area (Å²) in [5, 5.41) is 0. The van der Waals surface area contributed by atoms with E-state index in [1.807, 2.05) is 25.1 Å². The fourth-order valence-electron chi connectivity index (χ4n) is 3.45. The van der Waals surface area contributed by atoms with Gasteiger partial charge in [0.25, 0.3) is 0 Å². The Morgan fingerprint density at radius 3 is 2.48 bits per heavy atom. The molecule has 0 spiro atoms. The van der Waals surface area contributed by atoms with Crippen molar-refractivity contribution in [1.82, 2.24) is 0 Å². The Kier molecular flexibility index (Phi) is 7.27. The predicted molar refractivity (Wildman–Crippen MR) is 89.5 cm³/mol. The van der Waals surface area contributed by atoms with E-state index in [2.05, 4.69) is 45.4 Å². The van der Waals surface area contributed by atoms with Gasteiger partial charge in [-0.15, -0.1) is 0 Å².